The van der Waals surface area contributed by atoms with Crippen LogP contribution in [0.5, 0.6) is 5.75 Å². The number of likely N-dealkylation sites (tertiary alicyclic amines) is 1. The standard InChI is InChI=1S/C20H30N4O5S/c1-20(2,3)16-10-15(24-8-6-17(25)21-19(24)27)9-13(18(16)26)11-23-7-5-14(12-23)22-30(4,28)29/h9-10,14,22,26H,5-8,11-12H2,1-4H3,(H,21,25,27). The molecule has 2 fully saturated rings. The van der Waals surface area contributed by atoms with E-state index in [-0.39, 0.29) is 36.1 Å². The molecule has 166 valence electrons. The Morgan fingerprint density at radius 2 is 1.93 bits per heavy atom. The molecule has 2 heterocycles. The number of rotatable bonds is 5. The maximum atomic E-state index is 12.3. The molecule has 9 nitrogen and oxygen atoms in total. The van der Waals surface area contributed by atoms with Gasteiger partial charge in [0.2, 0.25) is 15.9 Å². The quantitative estimate of drug-likeness (QED) is 0.637. The van der Waals surface area contributed by atoms with Crippen LogP contribution in [0.3, 0.4) is 0 Å². The monoisotopic (exact) mass is 438 g/mol. The Hall–Kier alpha value is -2.17. The zero-order valence-electron chi connectivity index (χ0n) is 17.9. The predicted molar refractivity (Wildman–Crippen MR) is 114 cm³/mol. The van der Waals surface area contributed by atoms with Crippen LogP contribution in [0.2, 0.25) is 0 Å². The number of aromatic hydroxyl groups is 1. The van der Waals surface area contributed by atoms with Gasteiger partial charge in [0.05, 0.1) is 6.26 Å². The second kappa shape index (κ2) is 8.16. The van der Waals surface area contributed by atoms with Crippen molar-refractivity contribution in [2.45, 2.75) is 51.6 Å². The molecule has 2 saturated heterocycles. The van der Waals surface area contributed by atoms with Crippen LogP contribution in [0, 0.1) is 0 Å². The molecule has 0 aromatic heterocycles. The van der Waals surface area contributed by atoms with Crippen molar-refractivity contribution in [3.05, 3.63) is 23.3 Å². The summed E-state index contributed by atoms with van der Waals surface area (Å²) in [6, 6.07) is 2.94. The summed E-state index contributed by atoms with van der Waals surface area (Å²) in [7, 11) is -3.27. The predicted octanol–water partition coefficient (Wildman–Crippen LogP) is 1.26. The van der Waals surface area contributed by atoms with E-state index in [9.17, 15) is 23.1 Å². The van der Waals surface area contributed by atoms with Gasteiger partial charge in [-0.15, -0.1) is 0 Å². The van der Waals surface area contributed by atoms with E-state index in [4.69, 9.17) is 0 Å². The smallest absolute Gasteiger partial charge is 0.328 e. The van der Waals surface area contributed by atoms with Gasteiger partial charge in [0.25, 0.3) is 0 Å². The average Bonchev–Trinajstić information content (AvgIpc) is 3.01. The van der Waals surface area contributed by atoms with Gasteiger partial charge in [-0.3, -0.25) is 19.9 Å². The molecular weight excluding hydrogens is 408 g/mol. The number of amides is 3. The number of carbonyl (C=O) groups excluding carboxylic acids is 2. The number of imide groups is 1. The Morgan fingerprint density at radius 1 is 1.23 bits per heavy atom. The van der Waals surface area contributed by atoms with Gasteiger partial charge in [-0.2, -0.15) is 0 Å². The number of sulfonamides is 1. The van der Waals surface area contributed by atoms with Gasteiger partial charge in [0.15, 0.2) is 0 Å². The number of phenols is 1. The van der Waals surface area contributed by atoms with Gasteiger partial charge in [0, 0.05) is 55.5 Å². The van der Waals surface area contributed by atoms with Crippen molar-refractivity contribution in [2.24, 2.45) is 0 Å². The molecule has 3 N–H and O–H groups in total. The van der Waals surface area contributed by atoms with Crippen molar-refractivity contribution in [1.82, 2.24) is 14.9 Å². The Balaban J connectivity index is 1.88. The lowest BCUT2D eigenvalue weighted by Crippen LogP contribution is -2.49. The first-order chi connectivity index (χ1) is 13.8. The van der Waals surface area contributed by atoms with Gasteiger partial charge >= 0.3 is 6.03 Å². The van der Waals surface area contributed by atoms with E-state index in [0.29, 0.717) is 42.9 Å². The number of hydrogen-bond donors (Lipinski definition) is 3. The third-order valence-corrected chi connectivity index (χ3v) is 6.16. The van der Waals surface area contributed by atoms with E-state index < -0.39 is 16.1 Å². The SMILES string of the molecule is CC(C)(C)c1cc(N2CCC(=O)NC2=O)cc(CN2CCC(NS(C)(=O)=O)C2)c1O. The van der Waals surface area contributed by atoms with Crippen molar-refractivity contribution in [1.29, 1.82) is 0 Å². The molecule has 1 aromatic carbocycles. The van der Waals surface area contributed by atoms with Crippen molar-refractivity contribution < 1.29 is 23.1 Å². The summed E-state index contributed by atoms with van der Waals surface area (Å²) >= 11 is 0. The number of benzene rings is 1. The van der Waals surface area contributed by atoms with Crippen molar-refractivity contribution >= 4 is 27.6 Å². The topological polar surface area (TPSA) is 119 Å². The molecule has 0 saturated carbocycles. The molecule has 0 aliphatic carbocycles. The lowest BCUT2D eigenvalue weighted by Gasteiger charge is -2.30. The van der Waals surface area contributed by atoms with Gasteiger partial charge in [0.1, 0.15) is 5.75 Å². The van der Waals surface area contributed by atoms with Crippen LogP contribution in [0.25, 0.3) is 0 Å². The number of anilines is 1. The number of urea groups is 1. The minimum absolute atomic E-state index is 0.161. The van der Waals surface area contributed by atoms with E-state index in [0.717, 1.165) is 6.26 Å². The summed E-state index contributed by atoms with van der Waals surface area (Å²) in [6.07, 6.45) is 2.06. The highest BCUT2D eigenvalue weighted by molar-refractivity contribution is 7.88. The highest BCUT2D eigenvalue weighted by Gasteiger charge is 2.30. The normalized spacial score (nSPS) is 21.2. The van der Waals surface area contributed by atoms with E-state index in [1.54, 1.807) is 12.1 Å². The average molecular weight is 439 g/mol. The van der Waals surface area contributed by atoms with E-state index in [2.05, 4.69) is 14.9 Å². The Morgan fingerprint density at radius 3 is 2.53 bits per heavy atom. The molecule has 2 aliphatic heterocycles. The minimum Gasteiger partial charge on any atom is -0.507 e. The first-order valence-electron chi connectivity index (χ1n) is 10.0. The van der Waals surface area contributed by atoms with Crippen molar-refractivity contribution in [3.63, 3.8) is 0 Å². The summed E-state index contributed by atoms with van der Waals surface area (Å²) in [5.74, 6) is -0.118. The number of nitrogens with zero attached hydrogens (tertiary/aromatic N) is 2. The molecular formula is C20H30N4O5S. The lowest BCUT2D eigenvalue weighted by atomic mass is 9.84. The second-order valence-corrected chi connectivity index (χ2v) is 10.9. The summed E-state index contributed by atoms with van der Waals surface area (Å²) in [4.78, 5) is 27.4. The number of nitrogens with one attached hydrogen (secondary N) is 2. The fourth-order valence-corrected chi connectivity index (χ4v) is 4.75. The summed E-state index contributed by atoms with van der Waals surface area (Å²) in [5.41, 5.74) is 1.65. The number of hydrogen-bond acceptors (Lipinski definition) is 6. The number of phenolic OH excluding ortho intramolecular Hbond substituents is 1. The summed E-state index contributed by atoms with van der Waals surface area (Å²) < 4.78 is 25.6. The molecule has 1 unspecified atom stereocenters. The highest BCUT2D eigenvalue weighted by atomic mass is 32.2. The first-order valence-corrected chi connectivity index (χ1v) is 11.9. The van der Waals surface area contributed by atoms with E-state index in [1.165, 1.54) is 4.90 Å². The van der Waals surface area contributed by atoms with Gasteiger partial charge in [-0.25, -0.2) is 17.9 Å². The molecule has 0 radical (unpaired) electrons. The van der Waals surface area contributed by atoms with Crippen molar-refractivity contribution in [3.8, 4) is 5.75 Å². The molecule has 10 heteroatoms. The Labute approximate surface area is 177 Å². The van der Waals surface area contributed by atoms with E-state index >= 15 is 0 Å². The number of carbonyl (C=O) groups is 2. The second-order valence-electron chi connectivity index (χ2n) is 9.12. The van der Waals surface area contributed by atoms with Crippen LogP contribution in [0.15, 0.2) is 12.1 Å². The molecule has 1 atom stereocenters. The molecule has 3 rings (SSSR count). The van der Waals surface area contributed by atoms with Crippen LogP contribution in [-0.4, -0.2) is 62.3 Å². The van der Waals surface area contributed by atoms with E-state index in [1.807, 2.05) is 20.8 Å². The molecule has 3 amide bonds. The summed E-state index contributed by atoms with van der Waals surface area (Å²) in [6.45, 7) is 7.90. The Kier molecular flexibility index (Phi) is 6.13. The largest absolute Gasteiger partial charge is 0.507 e. The van der Waals surface area contributed by atoms with Crippen LogP contribution in [-0.2, 0) is 26.8 Å². The fraction of sp³-hybridized carbons (Fsp3) is 0.600. The third kappa shape index (κ3) is 5.30. The maximum absolute atomic E-state index is 12.3. The Bertz CT molecular complexity index is 955. The molecule has 30 heavy (non-hydrogen) atoms. The van der Waals surface area contributed by atoms with Crippen LogP contribution < -0.4 is 14.9 Å². The molecule has 1 aromatic rings. The van der Waals surface area contributed by atoms with Gasteiger partial charge in [-0.1, -0.05) is 20.8 Å². The zero-order valence-corrected chi connectivity index (χ0v) is 18.7. The van der Waals surface area contributed by atoms with Crippen LogP contribution in [0.1, 0.15) is 44.7 Å². The van der Waals surface area contributed by atoms with Crippen LogP contribution >= 0.6 is 0 Å². The molecule has 0 bridgehead atoms. The lowest BCUT2D eigenvalue weighted by molar-refractivity contribution is -0.120. The van der Waals surface area contributed by atoms with Gasteiger partial charge < -0.3 is 5.11 Å². The molecule has 0 spiro atoms. The van der Waals surface area contributed by atoms with Crippen molar-refractivity contribution in [2.75, 3.05) is 30.8 Å². The van der Waals surface area contributed by atoms with Crippen LogP contribution in [0.4, 0.5) is 10.5 Å². The highest BCUT2D eigenvalue weighted by Crippen LogP contribution is 2.38. The summed E-state index contributed by atoms with van der Waals surface area (Å²) in [5, 5.41) is 13.3. The fourth-order valence-electron chi connectivity index (χ4n) is 3.95. The molecule has 2 aliphatic rings. The third-order valence-electron chi connectivity index (χ3n) is 5.39. The first kappa shape index (κ1) is 22.5. The zero-order chi connectivity index (χ0) is 22.3. The van der Waals surface area contributed by atoms with Gasteiger partial charge in [-0.05, 0) is 24.0 Å². The minimum atomic E-state index is -3.27. The maximum Gasteiger partial charge on any atom is 0.328 e.